The molecule has 2 fully saturated rings. The van der Waals surface area contributed by atoms with Gasteiger partial charge in [0, 0.05) is 24.7 Å². The Morgan fingerprint density at radius 1 is 0.917 bits per heavy atom. The summed E-state index contributed by atoms with van der Waals surface area (Å²) in [4.78, 5) is 14.0. The van der Waals surface area contributed by atoms with Gasteiger partial charge in [0.05, 0.1) is 4.90 Å². The summed E-state index contributed by atoms with van der Waals surface area (Å²) in [5.74, 6) is 0.119. The van der Waals surface area contributed by atoms with Gasteiger partial charge in [-0.1, -0.05) is 25.7 Å². The average Bonchev–Trinajstić information content (AvgIpc) is 2.84. The van der Waals surface area contributed by atoms with Gasteiger partial charge in [-0.25, -0.2) is 13.1 Å². The van der Waals surface area contributed by atoms with Gasteiger partial charge in [0.1, 0.15) is 0 Å². The molecule has 1 saturated carbocycles. The van der Waals surface area contributed by atoms with Crippen LogP contribution in [0, 0.1) is 0 Å². The molecular weight excluding hydrogens is 324 g/mol. The lowest BCUT2D eigenvalue weighted by molar-refractivity contribution is -0.119. The number of sulfonamides is 1. The van der Waals surface area contributed by atoms with E-state index in [0.717, 1.165) is 44.2 Å². The predicted molar refractivity (Wildman–Crippen MR) is 94.5 cm³/mol. The summed E-state index contributed by atoms with van der Waals surface area (Å²) in [6.07, 6.45) is 8.89. The largest absolute Gasteiger partial charge is 0.312 e. The highest BCUT2D eigenvalue weighted by molar-refractivity contribution is 7.89. The van der Waals surface area contributed by atoms with Crippen LogP contribution in [0.15, 0.2) is 29.2 Å². The first-order chi connectivity index (χ1) is 11.6. The first-order valence-corrected chi connectivity index (χ1v) is 10.5. The molecule has 1 aromatic rings. The van der Waals surface area contributed by atoms with E-state index in [4.69, 9.17) is 0 Å². The summed E-state index contributed by atoms with van der Waals surface area (Å²) in [6.45, 7) is 0.714. The summed E-state index contributed by atoms with van der Waals surface area (Å²) in [5.41, 5.74) is 0.785. The van der Waals surface area contributed by atoms with Crippen LogP contribution in [0.1, 0.15) is 57.8 Å². The van der Waals surface area contributed by atoms with Crippen LogP contribution in [0.5, 0.6) is 0 Å². The van der Waals surface area contributed by atoms with Crippen LogP contribution >= 0.6 is 0 Å². The third-order valence-corrected chi connectivity index (χ3v) is 6.50. The fraction of sp³-hybridized carbons (Fsp3) is 0.611. The molecule has 24 heavy (non-hydrogen) atoms. The van der Waals surface area contributed by atoms with Crippen LogP contribution in [0.3, 0.4) is 0 Å². The van der Waals surface area contributed by atoms with Crippen molar-refractivity contribution in [2.24, 2.45) is 0 Å². The van der Waals surface area contributed by atoms with E-state index in [1.165, 1.54) is 12.8 Å². The number of anilines is 1. The summed E-state index contributed by atoms with van der Waals surface area (Å²) in [5, 5.41) is 0. The van der Waals surface area contributed by atoms with E-state index in [9.17, 15) is 13.2 Å². The standard InChI is InChI=1S/C18H26N2O3S/c21-18-9-5-6-14-20(18)16-10-12-17(13-11-16)24(22,23)19-15-7-3-1-2-4-8-15/h10-13,15,19H,1-9,14H2. The van der Waals surface area contributed by atoms with E-state index in [2.05, 4.69) is 4.72 Å². The van der Waals surface area contributed by atoms with E-state index < -0.39 is 10.0 Å². The van der Waals surface area contributed by atoms with Gasteiger partial charge >= 0.3 is 0 Å². The van der Waals surface area contributed by atoms with Crippen LogP contribution in [0.4, 0.5) is 5.69 Å². The van der Waals surface area contributed by atoms with Crippen molar-refractivity contribution in [3.8, 4) is 0 Å². The molecule has 1 saturated heterocycles. The summed E-state index contributed by atoms with van der Waals surface area (Å²) < 4.78 is 28.0. The van der Waals surface area contributed by atoms with Gasteiger partial charge in [0.2, 0.25) is 15.9 Å². The summed E-state index contributed by atoms with van der Waals surface area (Å²) in [7, 11) is -3.49. The zero-order chi connectivity index (χ0) is 17.0. The molecule has 0 spiro atoms. The fourth-order valence-electron chi connectivity index (χ4n) is 3.57. The van der Waals surface area contributed by atoms with Crippen molar-refractivity contribution >= 4 is 21.6 Å². The molecule has 1 N–H and O–H groups in total. The van der Waals surface area contributed by atoms with Crippen LogP contribution in [-0.4, -0.2) is 26.9 Å². The lowest BCUT2D eigenvalue weighted by Crippen LogP contribution is -2.35. The minimum atomic E-state index is -3.49. The van der Waals surface area contributed by atoms with Crippen molar-refractivity contribution in [1.29, 1.82) is 0 Å². The number of carbonyl (C=O) groups excluding carboxylic acids is 1. The number of hydrogen-bond acceptors (Lipinski definition) is 3. The third kappa shape index (κ3) is 4.16. The van der Waals surface area contributed by atoms with Gasteiger partial charge in [-0.15, -0.1) is 0 Å². The van der Waals surface area contributed by atoms with Crippen molar-refractivity contribution in [1.82, 2.24) is 4.72 Å². The highest BCUT2D eigenvalue weighted by Gasteiger charge is 2.23. The third-order valence-electron chi connectivity index (χ3n) is 4.96. The molecule has 0 atom stereocenters. The lowest BCUT2D eigenvalue weighted by atomic mass is 10.1. The molecule has 0 bridgehead atoms. The Morgan fingerprint density at radius 2 is 1.58 bits per heavy atom. The average molecular weight is 350 g/mol. The second-order valence-corrected chi connectivity index (χ2v) is 8.52. The predicted octanol–water partition coefficient (Wildman–Crippen LogP) is 3.20. The molecule has 1 aromatic carbocycles. The normalized spacial score (nSPS) is 20.8. The lowest BCUT2D eigenvalue weighted by Gasteiger charge is -2.27. The van der Waals surface area contributed by atoms with E-state index >= 15 is 0 Å². The minimum absolute atomic E-state index is 0.0425. The van der Waals surface area contributed by atoms with Crippen molar-refractivity contribution in [2.75, 3.05) is 11.4 Å². The van der Waals surface area contributed by atoms with E-state index in [1.54, 1.807) is 29.2 Å². The SMILES string of the molecule is O=C1CCCCN1c1ccc(S(=O)(=O)NC2CCCCCC2)cc1. The molecular formula is C18H26N2O3S. The first kappa shape index (κ1) is 17.4. The van der Waals surface area contributed by atoms with Gasteiger partial charge in [-0.3, -0.25) is 4.79 Å². The first-order valence-electron chi connectivity index (χ1n) is 8.99. The topological polar surface area (TPSA) is 66.5 Å². The Bertz CT molecular complexity index is 662. The second-order valence-electron chi connectivity index (χ2n) is 6.81. The van der Waals surface area contributed by atoms with Crippen LogP contribution < -0.4 is 9.62 Å². The number of carbonyl (C=O) groups is 1. The Morgan fingerprint density at radius 3 is 2.21 bits per heavy atom. The van der Waals surface area contributed by atoms with Crippen molar-refractivity contribution in [3.63, 3.8) is 0 Å². The molecule has 0 unspecified atom stereocenters. The quantitative estimate of drug-likeness (QED) is 0.848. The van der Waals surface area contributed by atoms with Crippen molar-refractivity contribution in [2.45, 2.75) is 68.7 Å². The number of piperidine rings is 1. The zero-order valence-electron chi connectivity index (χ0n) is 14.0. The number of nitrogens with zero attached hydrogens (tertiary/aromatic N) is 1. The Hall–Kier alpha value is -1.40. The Labute approximate surface area is 144 Å². The maximum Gasteiger partial charge on any atom is 0.240 e. The van der Waals surface area contributed by atoms with E-state index in [0.29, 0.717) is 13.0 Å². The number of nitrogens with one attached hydrogen (secondary N) is 1. The molecule has 1 amide bonds. The highest BCUT2D eigenvalue weighted by atomic mass is 32.2. The molecule has 5 nitrogen and oxygen atoms in total. The molecule has 0 aromatic heterocycles. The number of benzene rings is 1. The summed E-state index contributed by atoms with van der Waals surface area (Å²) >= 11 is 0. The van der Waals surface area contributed by atoms with Gasteiger partial charge in [-0.05, 0) is 49.9 Å². The smallest absolute Gasteiger partial charge is 0.240 e. The van der Waals surface area contributed by atoms with Crippen LogP contribution in [0.25, 0.3) is 0 Å². The molecule has 1 aliphatic heterocycles. The Balaban J connectivity index is 1.70. The number of rotatable bonds is 4. The van der Waals surface area contributed by atoms with E-state index in [1.807, 2.05) is 0 Å². The van der Waals surface area contributed by atoms with Crippen molar-refractivity contribution < 1.29 is 13.2 Å². The minimum Gasteiger partial charge on any atom is -0.312 e. The Kier molecular flexibility index (Phi) is 5.56. The second kappa shape index (κ2) is 7.66. The molecule has 0 radical (unpaired) electrons. The van der Waals surface area contributed by atoms with Gasteiger partial charge < -0.3 is 4.90 Å². The maximum atomic E-state index is 12.6. The van der Waals surface area contributed by atoms with Gasteiger partial charge in [-0.2, -0.15) is 0 Å². The monoisotopic (exact) mass is 350 g/mol. The van der Waals surface area contributed by atoms with Gasteiger partial charge in [0.25, 0.3) is 0 Å². The fourth-order valence-corrected chi connectivity index (χ4v) is 4.87. The molecule has 3 rings (SSSR count). The molecule has 1 heterocycles. The molecule has 6 heteroatoms. The molecule has 2 aliphatic rings. The van der Waals surface area contributed by atoms with Crippen LogP contribution in [0.2, 0.25) is 0 Å². The maximum absolute atomic E-state index is 12.6. The van der Waals surface area contributed by atoms with Gasteiger partial charge in [0.15, 0.2) is 0 Å². The highest BCUT2D eigenvalue weighted by Crippen LogP contribution is 2.24. The van der Waals surface area contributed by atoms with Crippen LogP contribution in [-0.2, 0) is 14.8 Å². The zero-order valence-corrected chi connectivity index (χ0v) is 14.9. The molecule has 1 aliphatic carbocycles. The van der Waals surface area contributed by atoms with E-state index in [-0.39, 0.29) is 16.8 Å². The summed E-state index contributed by atoms with van der Waals surface area (Å²) in [6, 6.07) is 6.74. The van der Waals surface area contributed by atoms with Crippen molar-refractivity contribution in [3.05, 3.63) is 24.3 Å². The molecule has 132 valence electrons. The number of amides is 1. The number of hydrogen-bond donors (Lipinski definition) is 1.